The van der Waals surface area contributed by atoms with E-state index in [-0.39, 0.29) is 25.9 Å². The smallest absolute Gasteiger partial charge is 0.335 e. The van der Waals surface area contributed by atoms with E-state index >= 15 is 0 Å². The number of carboxylic acids is 1. The number of carboxylic acid groups (broad SMARTS) is 1. The summed E-state index contributed by atoms with van der Waals surface area (Å²) in [5.41, 5.74) is 0. The fourth-order valence-corrected chi connectivity index (χ4v) is 9.56. The molecule has 0 aromatic heterocycles. The third-order valence-corrected chi connectivity index (χ3v) is 14.4. The van der Waals surface area contributed by atoms with Crippen molar-refractivity contribution in [3.8, 4) is 0 Å². The van der Waals surface area contributed by atoms with Crippen LogP contribution < -0.4 is 0 Å². The monoisotopic (exact) mass is 1090 g/mol. The van der Waals surface area contributed by atoms with Crippen molar-refractivity contribution in [2.75, 3.05) is 13.2 Å². The quantitative estimate of drug-likeness (QED) is 0.0228. The summed E-state index contributed by atoms with van der Waals surface area (Å²) < 4.78 is 28.5. The fraction of sp³-hybridized carbons (Fsp3) is 0.815. The number of carbonyl (C=O) groups excluding carboxylic acids is 3. The molecule has 0 saturated carbocycles. The van der Waals surface area contributed by atoms with Gasteiger partial charge in [0.15, 0.2) is 24.6 Å². The predicted octanol–water partition coefficient (Wildman–Crippen LogP) is 16.6. The SMILES string of the molecule is CC/C=C\C/C=C\C/C=C\CCCCCCCC(=O)OC(COC(=O)CCCCCCCCCCC/C=C\CCCCCCCC)COC1OC(C(=O)O)C(O)C(O)C1OC(=O)CCCCCCCCCCCCCCC. The van der Waals surface area contributed by atoms with Crippen molar-refractivity contribution < 1.29 is 58.2 Å². The average molecular weight is 1090 g/mol. The van der Waals surface area contributed by atoms with Crippen molar-refractivity contribution in [2.45, 2.75) is 327 Å². The third kappa shape index (κ3) is 43.2. The van der Waals surface area contributed by atoms with Crippen LogP contribution >= 0.6 is 0 Å². The van der Waals surface area contributed by atoms with Crippen LogP contribution in [0.1, 0.15) is 290 Å². The molecule has 0 spiro atoms. The highest BCUT2D eigenvalue weighted by molar-refractivity contribution is 5.74. The van der Waals surface area contributed by atoms with E-state index in [4.69, 9.17) is 23.7 Å². The standard InChI is InChI=1S/C65H114O12/c1-4-7-10-13-16-19-22-25-27-28-29-30-32-34-36-39-42-45-48-51-57(66)73-54-56(75-58(67)52-49-46-43-40-38-35-31-26-23-20-17-14-11-8-5-2)55-74-65-63(61(70)60(69)62(77-65)64(71)72)76-59(68)53-50-47-44-41-37-33-24-21-18-15-12-9-6-3/h8,11,17,20,25-27,31,56,60-63,65,69-70H,4-7,9-10,12-16,18-19,21-24,28-30,32-55H2,1-3H3,(H,71,72)/b11-8-,20-17-,27-25-,31-26-. The number of ether oxygens (including phenoxy) is 5. The van der Waals surface area contributed by atoms with E-state index in [0.717, 1.165) is 96.3 Å². The van der Waals surface area contributed by atoms with Gasteiger partial charge >= 0.3 is 23.9 Å². The lowest BCUT2D eigenvalue weighted by atomic mass is 9.98. The molecule has 0 aliphatic carbocycles. The first-order valence-corrected chi connectivity index (χ1v) is 31.6. The number of unbranched alkanes of at least 4 members (excludes halogenated alkanes) is 32. The zero-order chi connectivity index (χ0) is 56.1. The summed E-state index contributed by atoms with van der Waals surface area (Å²) in [6, 6.07) is 0. The van der Waals surface area contributed by atoms with Crippen LogP contribution in [0.4, 0.5) is 0 Å². The summed E-state index contributed by atoms with van der Waals surface area (Å²) in [4.78, 5) is 51.2. The van der Waals surface area contributed by atoms with Crippen LogP contribution in [0.3, 0.4) is 0 Å². The number of hydrogen-bond acceptors (Lipinski definition) is 11. The van der Waals surface area contributed by atoms with Gasteiger partial charge in [-0.15, -0.1) is 0 Å². The summed E-state index contributed by atoms with van der Waals surface area (Å²) >= 11 is 0. The van der Waals surface area contributed by atoms with E-state index in [1.807, 2.05) is 0 Å². The Balaban J connectivity index is 2.66. The summed E-state index contributed by atoms with van der Waals surface area (Å²) in [5.74, 6) is -3.12. The maximum absolute atomic E-state index is 13.2. The molecule has 1 aliphatic rings. The Kier molecular flexibility index (Phi) is 49.7. The normalized spacial score (nSPS) is 18.3. The Bertz CT molecular complexity index is 1520. The van der Waals surface area contributed by atoms with Crippen LogP contribution in [0.25, 0.3) is 0 Å². The van der Waals surface area contributed by atoms with Gasteiger partial charge < -0.3 is 39.0 Å². The van der Waals surface area contributed by atoms with E-state index in [1.54, 1.807) is 0 Å². The molecular weight excluding hydrogens is 973 g/mol. The highest BCUT2D eigenvalue weighted by Gasteiger charge is 2.50. The van der Waals surface area contributed by atoms with E-state index in [2.05, 4.69) is 69.4 Å². The Hall–Kier alpha value is -3.32. The van der Waals surface area contributed by atoms with Gasteiger partial charge in [-0.2, -0.15) is 0 Å². The largest absolute Gasteiger partial charge is 0.479 e. The Morgan fingerprint density at radius 2 is 0.818 bits per heavy atom. The van der Waals surface area contributed by atoms with Crippen LogP contribution in [0.2, 0.25) is 0 Å². The minimum atomic E-state index is -1.90. The molecule has 6 atom stereocenters. The van der Waals surface area contributed by atoms with Crippen LogP contribution in [-0.2, 0) is 42.9 Å². The second kappa shape index (κ2) is 53.3. The summed E-state index contributed by atoms with van der Waals surface area (Å²) in [7, 11) is 0. The maximum Gasteiger partial charge on any atom is 0.335 e. The van der Waals surface area contributed by atoms with Crippen molar-refractivity contribution in [3.05, 3.63) is 48.6 Å². The van der Waals surface area contributed by atoms with E-state index in [1.165, 1.54) is 135 Å². The van der Waals surface area contributed by atoms with E-state index in [9.17, 15) is 34.5 Å². The molecule has 0 bridgehead atoms. The summed E-state index contributed by atoms with van der Waals surface area (Å²) in [6.45, 7) is 5.89. The van der Waals surface area contributed by atoms with Gasteiger partial charge in [-0.3, -0.25) is 14.4 Å². The zero-order valence-electron chi connectivity index (χ0n) is 49.2. The highest BCUT2D eigenvalue weighted by atomic mass is 16.7. The first-order chi connectivity index (χ1) is 37.6. The number of carbonyl (C=O) groups is 4. The molecule has 77 heavy (non-hydrogen) atoms. The lowest BCUT2D eigenvalue weighted by Crippen LogP contribution is -2.61. The minimum absolute atomic E-state index is 0.0620. The number of esters is 3. The van der Waals surface area contributed by atoms with Gasteiger partial charge in [0.1, 0.15) is 18.8 Å². The van der Waals surface area contributed by atoms with E-state index in [0.29, 0.717) is 19.3 Å². The van der Waals surface area contributed by atoms with Gasteiger partial charge in [-0.1, -0.05) is 243 Å². The molecule has 12 heteroatoms. The molecule has 3 N–H and O–H groups in total. The third-order valence-electron chi connectivity index (χ3n) is 14.4. The van der Waals surface area contributed by atoms with Crippen LogP contribution in [0.15, 0.2) is 48.6 Å². The second-order valence-corrected chi connectivity index (χ2v) is 21.7. The number of allylic oxidation sites excluding steroid dienone is 8. The van der Waals surface area contributed by atoms with Crippen LogP contribution in [-0.4, -0.2) is 89.2 Å². The van der Waals surface area contributed by atoms with Crippen LogP contribution in [0.5, 0.6) is 0 Å². The molecule has 0 amide bonds. The molecule has 1 fully saturated rings. The van der Waals surface area contributed by atoms with Gasteiger partial charge in [0.25, 0.3) is 0 Å². The highest BCUT2D eigenvalue weighted by Crippen LogP contribution is 2.27. The van der Waals surface area contributed by atoms with E-state index < -0.39 is 67.3 Å². The molecule has 1 saturated heterocycles. The number of aliphatic hydroxyl groups is 2. The molecule has 1 aliphatic heterocycles. The predicted molar refractivity (Wildman–Crippen MR) is 312 cm³/mol. The Morgan fingerprint density at radius 1 is 0.442 bits per heavy atom. The molecule has 0 aromatic carbocycles. The van der Waals surface area contributed by atoms with Gasteiger partial charge in [0, 0.05) is 19.3 Å². The first-order valence-electron chi connectivity index (χ1n) is 31.6. The zero-order valence-corrected chi connectivity index (χ0v) is 49.2. The van der Waals surface area contributed by atoms with Crippen molar-refractivity contribution in [1.29, 1.82) is 0 Å². The molecule has 0 radical (unpaired) electrons. The summed E-state index contributed by atoms with van der Waals surface area (Å²) in [5, 5.41) is 31.5. The van der Waals surface area contributed by atoms with Gasteiger partial charge in [0.2, 0.25) is 0 Å². The van der Waals surface area contributed by atoms with Crippen molar-refractivity contribution in [2.24, 2.45) is 0 Å². The molecule has 1 rings (SSSR count). The van der Waals surface area contributed by atoms with Gasteiger partial charge in [0.05, 0.1) is 6.61 Å². The molecule has 12 nitrogen and oxygen atoms in total. The first kappa shape index (κ1) is 71.7. The number of aliphatic hydroxyl groups excluding tert-OH is 2. The number of aliphatic carboxylic acids is 1. The van der Waals surface area contributed by atoms with Crippen LogP contribution in [0, 0.1) is 0 Å². The maximum atomic E-state index is 13.2. The topological polar surface area (TPSA) is 175 Å². The average Bonchev–Trinajstić information content (AvgIpc) is 3.41. The van der Waals surface area contributed by atoms with Crippen molar-refractivity contribution >= 4 is 23.9 Å². The molecule has 0 aromatic rings. The van der Waals surface area contributed by atoms with Gasteiger partial charge in [-0.05, 0) is 77.0 Å². The number of hydrogen-bond donors (Lipinski definition) is 3. The molecular formula is C65H114O12. The number of rotatable bonds is 54. The molecule has 446 valence electrons. The Labute approximate surface area is 469 Å². The lowest BCUT2D eigenvalue weighted by Gasteiger charge is -2.40. The Morgan fingerprint density at radius 3 is 1.26 bits per heavy atom. The van der Waals surface area contributed by atoms with Crippen molar-refractivity contribution in [3.63, 3.8) is 0 Å². The molecule has 6 unspecified atom stereocenters. The minimum Gasteiger partial charge on any atom is -0.479 e. The lowest BCUT2D eigenvalue weighted by molar-refractivity contribution is -0.301. The molecule has 1 heterocycles. The van der Waals surface area contributed by atoms with Crippen molar-refractivity contribution in [1.82, 2.24) is 0 Å². The fourth-order valence-electron chi connectivity index (χ4n) is 9.56. The van der Waals surface area contributed by atoms with Gasteiger partial charge in [-0.25, -0.2) is 4.79 Å². The second-order valence-electron chi connectivity index (χ2n) is 21.7. The summed E-state index contributed by atoms with van der Waals surface area (Å²) in [6.07, 6.45) is 52.2.